The van der Waals surface area contributed by atoms with E-state index in [2.05, 4.69) is 4.98 Å². The molecule has 0 unspecified atom stereocenters. The van der Waals surface area contributed by atoms with E-state index >= 15 is 0 Å². The average molecular weight is 258 g/mol. The zero-order chi connectivity index (χ0) is 13.4. The van der Waals surface area contributed by atoms with Crippen LogP contribution >= 0.6 is 0 Å². The van der Waals surface area contributed by atoms with Gasteiger partial charge in [-0.25, -0.2) is 13.8 Å². The van der Waals surface area contributed by atoms with Gasteiger partial charge in [0.2, 0.25) is 11.8 Å². The standard InChI is InChI=1S/C12H16F2N2O2/c1-17-9-4-16-10(18-2)3-8(9)11(7-15)5-12(13,14)6-11/h3-4H,5-7,15H2,1-2H3. The molecule has 0 amide bonds. The van der Waals surface area contributed by atoms with Crippen LogP contribution in [0, 0.1) is 0 Å². The van der Waals surface area contributed by atoms with Crippen molar-refractivity contribution in [1.82, 2.24) is 4.98 Å². The third-order valence-corrected chi connectivity index (χ3v) is 3.43. The highest BCUT2D eigenvalue weighted by Crippen LogP contribution is 2.55. The van der Waals surface area contributed by atoms with Crippen LogP contribution in [0.15, 0.2) is 12.3 Å². The molecule has 0 radical (unpaired) electrons. The molecule has 1 saturated carbocycles. The molecule has 100 valence electrons. The number of nitrogens with zero attached hydrogens (tertiary/aromatic N) is 1. The Bertz CT molecular complexity index is 444. The molecule has 0 aliphatic heterocycles. The number of ether oxygens (including phenoxy) is 2. The van der Waals surface area contributed by atoms with Crippen LogP contribution in [-0.4, -0.2) is 31.7 Å². The first-order chi connectivity index (χ1) is 8.46. The molecule has 0 aromatic carbocycles. The number of pyridine rings is 1. The molecule has 0 saturated heterocycles. The lowest BCUT2D eigenvalue weighted by molar-refractivity contribution is -0.124. The zero-order valence-corrected chi connectivity index (χ0v) is 10.4. The molecular weight excluding hydrogens is 242 g/mol. The second-order valence-corrected chi connectivity index (χ2v) is 4.62. The van der Waals surface area contributed by atoms with Gasteiger partial charge in [-0.05, 0) is 0 Å². The average Bonchev–Trinajstić information content (AvgIpc) is 2.34. The summed E-state index contributed by atoms with van der Waals surface area (Å²) in [5, 5.41) is 0. The molecule has 18 heavy (non-hydrogen) atoms. The molecule has 0 spiro atoms. The molecule has 4 nitrogen and oxygen atoms in total. The number of aromatic nitrogens is 1. The number of rotatable bonds is 4. The van der Waals surface area contributed by atoms with Crippen molar-refractivity contribution < 1.29 is 18.3 Å². The van der Waals surface area contributed by atoms with Crippen LogP contribution in [-0.2, 0) is 5.41 Å². The summed E-state index contributed by atoms with van der Waals surface area (Å²) in [4.78, 5) is 4.00. The van der Waals surface area contributed by atoms with Gasteiger partial charge in [0.25, 0.3) is 0 Å². The van der Waals surface area contributed by atoms with Gasteiger partial charge in [0.05, 0.1) is 20.4 Å². The predicted octanol–water partition coefficient (Wildman–Crippen LogP) is 1.72. The molecule has 6 heteroatoms. The monoisotopic (exact) mass is 258 g/mol. The van der Waals surface area contributed by atoms with Crippen LogP contribution in [0.4, 0.5) is 8.78 Å². The molecule has 1 aliphatic carbocycles. The topological polar surface area (TPSA) is 57.4 Å². The van der Waals surface area contributed by atoms with Gasteiger partial charge in [0.15, 0.2) is 0 Å². The fourth-order valence-electron chi connectivity index (χ4n) is 2.50. The summed E-state index contributed by atoms with van der Waals surface area (Å²) in [7, 11) is 2.96. The van der Waals surface area contributed by atoms with Crippen LogP contribution in [0.25, 0.3) is 0 Å². The first-order valence-electron chi connectivity index (χ1n) is 5.63. The predicted molar refractivity (Wildman–Crippen MR) is 62.3 cm³/mol. The summed E-state index contributed by atoms with van der Waals surface area (Å²) in [6, 6.07) is 1.63. The van der Waals surface area contributed by atoms with Gasteiger partial charge in [-0.2, -0.15) is 0 Å². The normalized spacial score (nSPS) is 20.1. The summed E-state index contributed by atoms with van der Waals surface area (Å²) in [5.74, 6) is -1.81. The van der Waals surface area contributed by atoms with E-state index in [0.717, 1.165) is 0 Å². The maximum absolute atomic E-state index is 13.2. The van der Waals surface area contributed by atoms with Crippen LogP contribution in [0.2, 0.25) is 0 Å². The van der Waals surface area contributed by atoms with Crippen molar-refractivity contribution >= 4 is 0 Å². The van der Waals surface area contributed by atoms with Crippen molar-refractivity contribution in [3.63, 3.8) is 0 Å². The van der Waals surface area contributed by atoms with E-state index in [-0.39, 0.29) is 19.4 Å². The van der Waals surface area contributed by atoms with E-state index in [1.165, 1.54) is 20.4 Å². The Morgan fingerprint density at radius 2 is 2.00 bits per heavy atom. The summed E-state index contributed by atoms with van der Waals surface area (Å²) in [6.07, 6.45) is 0.947. The van der Waals surface area contributed by atoms with Crippen molar-refractivity contribution in [2.24, 2.45) is 5.73 Å². The molecule has 1 aromatic heterocycles. The molecule has 0 bridgehead atoms. The van der Waals surface area contributed by atoms with E-state index in [9.17, 15) is 8.78 Å². The van der Waals surface area contributed by atoms with Crippen LogP contribution in [0.3, 0.4) is 0 Å². The van der Waals surface area contributed by atoms with E-state index in [0.29, 0.717) is 17.2 Å². The molecular formula is C12H16F2N2O2. The van der Waals surface area contributed by atoms with Gasteiger partial charge >= 0.3 is 0 Å². The van der Waals surface area contributed by atoms with E-state index in [4.69, 9.17) is 15.2 Å². The zero-order valence-electron chi connectivity index (χ0n) is 10.4. The fraction of sp³-hybridized carbons (Fsp3) is 0.583. The Kier molecular flexibility index (Phi) is 3.14. The van der Waals surface area contributed by atoms with Gasteiger partial charge in [-0.15, -0.1) is 0 Å². The van der Waals surface area contributed by atoms with E-state index in [1.807, 2.05) is 0 Å². The lowest BCUT2D eigenvalue weighted by Crippen LogP contribution is -2.53. The van der Waals surface area contributed by atoms with Crippen molar-refractivity contribution in [3.8, 4) is 11.6 Å². The van der Waals surface area contributed by atoms with E-state index < -0.39 is 11.3 Å². The molecule has 1 aromatic rings. The van der Waals surface area contributed by atoms with Gasteiger partial charge < -0.3 is 15.2 Å². The van der Waals surface area contributed by atoms with Crippen molar-refractivity contribution in [3.05, 3.63) is 17.8 Å². The SMILES string of the molecule is COc1cc(C2(CN)CC(F)(F)C2)c(OC)cn1. The maximum atomic E-state index is 13.2. The number of halogens is 2. The molecule has 1 heterocycles. The molecule has 1 aliphatic rings. The highest BCUT2D eigenvalue weighted by Gasteiger charge is 2.57. The Labute approximate surface area is 104 Å². The molecule has 1 fully saturated rings. The Morgan fingerprint density at radius 1 is 1.33 bits per heavy atom. The summed E-state index contributed by atoms with van der Waals surface area (Å²) >= 11 is 0. The second kappa shape index (κ2) is 4.35. The number of nitrogens with two attached hydrogens (primary N) is 1. The largest absolute Gasteiger partial charge is 0.495 e. The van der Waals surface area contributed by atoms with Gasteiger partial charge in [-0.3, -0.25) is 0 Å². The van der Waals surface area contributed by atoms with Gasteiger partial charge in [0, 0.05) is 36.4 Å². The first-order valence-corrected chi connectivity index (χ1v) is 5.63. The van der Waals surface area contributed by atoms with Crippen molar-refractivity contribution in [2.45, 2.75) is 24.2 Å². The Balaban J connectivity index is 2.42. The summed E-state index contributed by atoms with van der Waals surface area (Å²) in [6.45, 7) is 0.145. The minimum atomic E-state index is -2.65. The van der Waals surface area contributed by atoms with Gasteiger partial charge in [-0.1, -0.05) is 0 Å². The highest BCUT2D eigenvalue weighted by atomic mass is 19.3. The summed E-state index contributed by atoms with van der Waals surface area (Å²) < 4.78 is 36.6. The highest BCUT2D eigenvalue weighted by molar-refractivity contribution is 5.44. The summed E-state index contributed by atoms with van der Waals surface area (Å²) in [5.41, 5.74) is 5.59. The number of alkyl halides is 2. The van der Waals surface area contributed by atoms with Crippen LogP contribution in [0.1, 0.15) is 18.4 Å². The minimum absolute atomic E-state index is 0.145. The molecule has 2 N–H and O–H groups in total. The smallest absolute Gasteiger partial charge is 0.250 e. The first kappa shape index (κ1) is 13.0. The van der Waals surface area contributed by atoms with E-state index in [1.54, 1.807) is 6.07 Å². The Hall–Kier alpha value is -1.43. The number of hydrogen-bond donors (Lipinski definition) is 1. The second-order valence-electron chi connectivity index (χ2n) is 4.62. The minimum Gasteiger partial charge on any atom is -0.495 e. The van der Waals surface area contributed by atoms with Crippen LogP contribution < -0.4 is 15.2 Å². The lowest BCUT2D eigenvalue weighted by atomic mass is 9.62. The number of hydrogen-bond acceptors (Lipinski definition) is 4. The molecule has 2 rings (SSSR count). The maximum Gasteiger partial charge on any atom is 0.250 e. The van der Waals surface area contributed by atoms with Gasteiger partial charge in [0.1, 0.15) is 5.75 Å². The third-order valence-electron chi connectivity index (χ3n) is 3.43. The van der Waals surface area contributed by atoms with Crippen molar-refractivity contribution in [1.29, 1.82) is 0 Å². The van der Waals surface area contributed by atoms with Crippen LogP contribution in [0.5, 0.6) is 11.6 Å². The third kappa shape index (κ3) is 2.01. The van der Waals surface area contributed by atoms with Crippen molar-refractivity contribution in [2.75, 3.05) is 20.8 Å². The lowest BCUT2D eigenvalue weighted by Gasteiger charge is -2.47. The number of methoxy groups -OCH3 is 2. The molecule has 0 atom stereocenters. The quantitative estimate of drug-likeness (QED) is 0.893. The fourth-order valence-corrected chi connectivity index (χ4v) is 2.50. The Morgan fingerprint density at radius 3 is 2.44 bits per heavy atom.